The van der Waals surface area contributed by atoms with Crippen molar-refractivity contribution in [2.45, 2.75) is 18.9 Å². The summed E-state index contributed by atoms with van der Waals surface area (Å²) in [6.07, 6.45) is 4.72. The Balaban J connectivity index is 1.64. The number of rotatable bonds is 6. The number of amides is 2. The second-order valence-electron chi connectivity index (χ2n) is 7.33. The van der Waals surface area contributed by atoms with E-state index in [9.17, 15) is 9.59 Å². The molecule has 2 aromatic rings. The van der Waals surface area contributed by atoms with Crippen molar-refractivity contribution >= 4 is 17.5 Å². The van der Waals surface area contributed by atoms with Gasteiger partial charge in [0.25, 0.3) is 5.91 Å². The zero-order valence-electron chi connectivity index (χ0n) is 16.8. The number of fused-ring (bicyclic) bond motifs is 1. The number of likely N-dealkylation sites (N-methyl/N-ethyl adjacent to an activating group) is 2. The number of ether oxygens (including phenoxy) is 1. The third-order valence-electron chi connectivity index (χ3n) is 5.10. The van der Waals surface area contributed by atoms with Gasteiger partial charge in [0.15, 0.2) is 0 Å². The molecular formula is C20H27N5O3. The molecular weight excluding hydrogens is 358 g/mol. The lowest BCUT2D eigenvalue weighted by Crippen LogP contribution is -2.44. The van der Waals surface area contributed by atoms with Crippen LogP contribution in [-0.2, 0) is 11.2 Å². The van der Waals surface area contributed by atoms with Gasteiger partial charge in [-0.15, -0.1) is 0 Å². The first-order chi connectivity index (χ1) is 13.4. The molecule has 1 unspecified atom stereocenters. The molecule has 0 radical (unpaired) electrons. The predicted molar refractivity (Wildman–Crippen MR) is 107 cm³/mol. The fourth-order valence-corrected chi connectivity index (χ4v) is 3.19. The zero-order chi connectivity index (χ0) is 20.3. The molecule has 0 saturated heterocycles. The van der Waals surface area contributed by atoms with Gasteiger partial charge in [-0.25, -0.2) is 0 Å². The molecule has 8 heteroatoms. The molecule has 1 aromatic carbocycles. The number of carbonyl (C=O) groups is 2. The van der Waals surface area contributed by atoms with E-state index in [1.807, 2.05) is 37.3 Å². The zero-order valence-corrected chi connectivity index (χ0v) is 16.8. The van der Waals surface area contributed by atoms with Crippen molar-refractivity contribution in [3.8, 4) is 5.75 Å². The third-order valence-corrected chi connectivity index (χ3v) is 5.10. The highest BCUT2D eigenvalue weighted by molar-refractivity contribution is 5.95. The Hall–Kier alpha value is -3.03. The van der Waals surface area contributed by atoms with E-state index in [0.717, 1.165) is 23.4 Å². The minimum atomic E-state index is -0.0823. The summed E-state index contributed by atoms with van der Waals surface area (Å²) in [7, 11) is 7.20. The van der Waals surface area contributed by atoms with Crippen molar-refractivity contribution in [1.29, 1.82) is 0 Å². The molecule has 0 saturated carbocycles. The Morgan fingerprint density at radius 1 is 1.32 bits per heavy atom. The molecule has 0 fully saturated rings. The number of anilines is 1. The van der Waals surface area contributed by atoms with E-state index in [2.05, 4.69) is 10.2 Å². The van der Waals surface area contributed by atoms with Crippen LogP contribution in [0.15, 0.2) is 30.6 Å². The Labute approximate surface area is 165 Å². The third kappa shape index (κ3) is 4.27. The van der Waals surface area contributed by atoms with E-state index in [0.29, 0.717) is 25.1 Å². The fourth-order valence-electron chi connectivity index (χ4n) is 3.19. The second-order valence-corrected chi connectivity index (χ2v) is 7.33. The van der Waals surface area contributed by atoms with Crippen LogP contribution in [0.1, 0.15) is 22.3 Å². The molecule has 8 nitrogen and oxygen atoms in total. The number of aromatic amines is 1. The van der Waals surface area contributed by atoms with Crippen molar-refractivity contribution in [2.75, 3.05) is 46.2 Å². The minimum absolute atomic E-state index is 0.0617. The number of hydrogen-bond acceptors (Lipinski definition) is 5. The molecule has 2 amide bonds. The maximum absolute atomic E-state index is 12.7. The SMILES string of the molecule is CN(C)C(=O)c1ccc2c(c1)N(C)C(CC(=O)N(C)CCc1cn[nH]c1)CO2. The van der Waals surface area contributed by atoms with E-state index in [1.54, 1.807) is 36.2 Å². The van der Waals surface area contributed by atoms with Crippen molar-refractivity contribution < 1.29 is 14.3 Å². The molecule has 0 bridgehead atoms. The summed E-state index contributed by atoms with van der Waals surface area (Å²) in [6, 6.07) is 5.33. The van der Waals surface area contributed by atoms with Crippen LogP contribution in [0.2, 0.25) is 0 Å². The van der Waals surface area contributed by atoms with Crippen LogP contribution in [0, 0.1) is 0 Å². The lowest BCUT2D eigenvalue weighted by atomic mass is 10.1. The lowest BCUT2D eigenvalue weighted by Gasteiger charge is -2.36. The van der Waals surface area contributed by atoms with E-state index in [4.69, 9.17) is 4.74 Å². The Kier molecular flexibility index (Phi) is 5.87. The maximum atomic E-state index is 12.7. The summed E-state index contributed by atoms with van der Waals surface area (Å²) in [6.45, 7) is 1.07. The predicted octanol–water partition coefficient (Wildman–Crippen LogP) is 1.40. The Bertz CT molecular complexity index is 834. The van der Waals surface area contributed by atoms with Gasteiger partial charge in [0.2, 0.25) is 5.91 Å². The molecule has 28 heavy (non-hydrogen) atoms. The smallest absolute Gasteiger partial charge is 0.253 e. The normalized spacial score (nSPS) is 15.6. The standard InChI is InChI=1S/C20H27N5O3/c1-23(2)20(27)15-5-6-18-17(9-15)25(4)16(13-28-18)10-19(26)24(3)8-7-14-11-21-22-12-14/h5-6,9,11-12,16H,7-8,10,13H2,1-4H3,(H,21,22). The second kappa shape index (κ2) is 8.33. The molecule has 150 valence electrons. The van der Waals surface area contributed by atoms with Gasteiger partial charge in [-0.2, -0.15) is 5.10 Å². The molecule has 0 aliphatic carbocycles. The van der Waals surface area contributed by atoms with Crippen LogP contribution in [-0.4, -0.2) is 79.2 Å². The molecule has 0 spiro atoms. The Morgan fingerprint density at radius 3 is 2.79 bits per heavy atom. The summed E-state index contributed by atoms with van der Waals surface area (Å²) in [4.78, 5) is 30.2. The van der Waals surface area contributed by atoms with E-state index in [-0.39, 0.29) is 17.9 Å². The number of benzene rings is 1. The number of nitrogens with zero attached hydrogens (tertiary/aromatic N) is 4. The van der Waals surface area contributed by atoms with Gasteiger partial charge in [-0.3, -0.25) is 14.7 Å². The number of carbonyl (C=O) groups excluding carboxylic acids is 2. The first-order valence-corrected chi connectivity index (χ1v) is 9.29. The van der Waals surface area contributed by atoms with Gasteiger partial charge in [0, 0.05) is 46.5 Å². The average molecular weight is 385 g/mol. The molecule has 1 N–H and O–H groups in total. The highest BCUT2D eigenvalue weighted by atomic mass is 16.5. The van der Waals surface area contributed by atoms with Crippen LogP contribution in [0.3, 0.4) is 0 Å². The molecule has 1 aromatic heterocycles. The average Bonchev–Trinajstić information content (AvgIpc) is 3.21. The molecule has 1 atom stereocenters. The summed E-state index contributed by atoms with van der Waals surface area (Å²) in [5.41, 5.74) is 2.51. The van der Waals surface area contributed by atoms with Crippen LogP contribution in [0.5, 0.6) is 5.75 Å². The van der Waals surface area contributed by atoms with E-state index >= 15 is 0 Å². The summed E-state index contributed by atoms with van der Waals surface area (Å²) in [5, 5.41) is 6.70. The molecule has 3 rings (SSSR count). The lowest BCUT2D eigenvalue weighted by molar-refractivity contribution is -0.130. The fraction of sp³-hybridized carbons (Fsp3) is 0.450. The summed E-state index contributed by atoms with van der Waals surface area (Å²) < 4.78 is 5.85. The number of aromatic nitrogens is 2. The van der Waals surface area contributed by atoms with Crippen LogP contribution < -0.4 is 9.64 Å². The largest absolute Gasteiger partial charge is 0.489 e. The summed E-state index contributed by atoms with van der Waals surface area (Å²) >= 11 is 0. The van der Waals surface area contributed by atoms with Crippen LogP contribution in [0.4, 0.5) is 5.69 Å². The first-order valence-electron chi connectivity index (χ1n) is 9.29. The highest BCUT2D eigenvalue weighted by Crippen LogP contribution is 2.34. The first kappa shape index (κ1) is 19.7. The number of H-pyrrole nitrogens is 1. The van der Waals surface area contributed by atoms with Gasteiger partial charge in [-0.1, -0.05) is 0 Å². The van der Waals surface area contributed by atoms with Crippen molar-refractivity contribution in [3.63, 3.8) is 0 Å². The van der Waals surface area contributed by atoms with Gasteiger partial charge in [0.05, 0.1) is 24.3 Å². The van der Waals surface area contributed by atoms with E-state index in [1.165, 1.54) is 0 Å². The molecule has 1 aliphatic rings. The topological polar surface area (TPSA) is 81.8 Å². The van der Waals surface area contributed by atoms with Crippen LogP contribution in [0.25, 0.3) is 0 Å². The van der Waals surface area contributed by atoms with Gasteiger partial charge >= 0.3 is 0 Å². The van der Waals surface area contributed by atoms with Crippen molar-refractivity contribution in [2.24, 2.45) is 0 Å². The molecule has 2 heterocycles. The van der Waals surface area contributed by atoms with Gasteiger partial charge < -0.3 is 19.4 Å². The minimum Gasteiger partial charge on any atom is -0.489 e. The van der Waals surface area contributed by atoms with Gasteiger partial charge in [-0.05, 0) is 30.2 Å². The van der Waals surface area contributed by atoms with Crippen LogP contribution >= 0.6 is 0 Å². The quantitative estimate of drug-likeness (QED) is 0.813. The highest BCUT2D eigenvalue weighted by Gasteiger charge is 2.28. The number of hydrogen-bond donors (Lipinski definition) is 1. The monoisotopic (exact) mass is 385 g/mol. The van der Waals surface area contributed by atoms with Crippen molar-refractivity contribution in [1.82, 2.24) is 20.0 Å². The maximum Gasteiger partial charge on any atom is 0.253 e. The van der Waals surface area contributed by atoms with Gasteiger partial charge in [0.1, 0.15) is 12.4 Å². The van der Waals surface area contributed by atoms with Crippen molar-refractivity contribution in [3.05, 3.63) is 41.7 Å². The molecule has 1 aliphatic heterocycles. The summed E-state index contributed by atoms with van der Waals surface area (Å²) in [5.74, 6) is 0.733. The van der Waals surface area contributed by atoms with E-state index < -0.39 is 0 Å². The number of nitrogens with one attached hydrogen (secondary N) is 1. The Morgan fingerprint density at radius 2 is 2.11 bits per heavy atom.